The van der Waals surface area contributed by atoms with Crippen LogP contribution in [0.4, 0.5) is 10.5 Å². The molecule has 0 aliphatic heterocycles. The first-order valence-corrected chi connectivity index (χ1v) is 7.97. The Balaban J connectivity index is 1.77. The highest BCUT2D eigenvalue weighted by Crippen LogP contribution is 2.29. The fraction of sp³-hybridized carbons (Fsp3) is 0.571. The maximum absolute atomic E-state index is 11.6. The monoisotopic (exact) mass is 375 g/mol. The molecular formula is C14H19BrClN3O2. The molecule has 0 bridgehead atoms. The highest BCUT2D eigenvalue weighted by Gasteiger charge is 2.32. The highest BCUT2D eigenvalue weighted by molar-refractivity contribution is 9.10. The van der Waals surface area contributed by atoms with E-state index in [1.807, 2.05) is 26.8 Å². The summed E-state index contributed by atoms with van der Waals surface area (Å²) in [5, 5.41) is 6.62. The van der Waals surface area contributed by atoms with Crippen molar-refractivity contribution in [3.63, 3.8) is 0 Å². The molecule has 0 atom stereocenters. The van der Waals surface area contributed by atoms with Gasteiger partial charge >= 0.3 is 6.09 Å². The summed E-state index contributed by atoms with van der Waals surface area (Å²) >= 11 is 9.39. The molecule has 1 amide bonds. The van der Waals surface area contributed by atoms with Gasteiger partial charge in [-0.05, 0) is 55.6 Å². The van der Waals surface area contributed by atoms with Gasteiger partial charge in [0.25, 0.3) is 0 Å². The molecular weight excluding hydrogens is 358 g/mol. The zero-order valence-electron chi connectivity index (χ0n) is 12.2. The van der Waals surface area contributed by atoms with Crippen molar-refractivity contribution in [3.8, 4) is 0 Å². The van der Waals surface area contributed by atoms with Crippen LogP contribution in [0.1, 0.15) is 33.6 Å². The topological polar surface area (TPSA) is 63.2 Å². The molecule has 0 spiro atoms. The molecule has 0 aromatic carbocycles. The van der Waals surface area contributed by atoms with Crippen molar-refractivity contribution >= 4 is 39.3 Å². The van der Waals surface area contributed by atoms with E-state index in [1.54, 1.807) is 6.20 Å². The fourth-order valence-electron chi connectivity index (χ4n) is 2.07. The number of anilines is 1. The van der Waals surface area contributed by atoms with Crippen molar-refractivity contribution in [2.45, 2.75) is 51.3 Å². The number of aromatic nitrogens is 1. The maximum Gasteiger partial charge on any atom is 0.407 e. The molecule has 2 rings (SSSR count). The Labute approximate surface area is 137 Å². The molecule has 1 fully saturated rings. The van der Waals surface area contributed by atoms with Crippen LogP contribution in [0.15, 0.2) is 16.7 Å². The molecule has 1 heterocycles. The van der Waals surface area contributed by atoms with E-state index >= 15 is 0 Å². The molecule has 116 valence electrons. The number of carbonyl (C=O) groups excluding carboxylic acids is 1. The third-order valence-electron chi connectivity index (χ3n) is 3.02. The minimum Gasteiger partial charge on any atom is -0.444 e. The molecule has 0 unspecified atom stereocenters. The van der Waals surface area contributed by atoms with Crippen molar-refractivity contribution in [2.75, 3.05) is 5.32 Å². The molecule has 1 aromatic rings. The van der Waals surface area contributed by atoms with Crippen LogP contribution in [0.5, 0.6) is 0 Å². The Kier molecular flexibility index (Phi) is 4.99. The second-order valence-corrected chi connectivity index (χ2v) is 7.42. The standard InChI is InChI=1S/C14H19BrClN3O2/c1-14(2,3)21-13(20)19-10-5-9(6-10)18-11-4-8(15)7-17-12(11)16/h4,7,9-10,18H,5-6H2,1-3H3,(H,19,20). The third-order valence-corrected chi connectivity index (χ3v) is 3.76. The second-order valence-electron chi connectivity index (χ2n) is 6.15. The zero-order chi connectivity index (χ0) is 15.6. The minimum absolute atomic E-state index is 0.135. The summed E-state index contributed by atoms with van der Waals surface area (Å²) in [6.07, 6.45) is 2.96. The molecule has 0 saturated heterocycles. The van der Waals surface area contributed by atoms with Crippen molar-refractivity contribution in [3.05, 3.63) is 21.9 Å². The van der Waals surface area contributed by atoms with Crippen molar-refractivity contribution < 1.29 is 9.53 Å². The first-order valence-electron chi connectivity index (χ1n) is 6.80. The molecule has 2 N–H and O–H groups in total. The van der Waals surface area contributed by atoms with E-state index in [4.69, 9.17) is 16.3 Å². The lowest BCUT2D eigenvalue weighted by Crippen LogP contribution is -2.50. The fourth-order valence-corrected chi connectivity index (χ4v) is 2.56. The van der Waals surface area contributed by atoms with Crippen molar-refractivity contribution in [1.82, 2.24) is 10.3 Å². The number of ether oxygens (including phenoxy) is 1. The van der Waals surface area contributed by atoms with Gasteiger partial charge in [-0.15, -0.1) is 0 Å². The van der Waals surface area contributed by atoms with Crippen LogP contribution in [0.25, 0.3) is 0 Å². The number of rotatable bonds is 3. The predicted octanol–water partition coefficient (Wildman–Crippen LogP) is 3.97. The van der Waals surface area contributed by atoms with Gasteiger partial charge in [0.15, 0.2) is 5.15 Å². The lowest BCUT2D eigenvalue weighted by molar-refractivity contribution is 0.0475. The van der Waals surface area contributed by atoms with Gasteiger partial charge in [0, 0.05) is 22.8 Å². The molecule has 1 aliphatic carbocycles. The summed E-state index contributed by atoms with van der Waals surface area (Å²) in [5.74, 6) is 0. The van der Waals surface area contributed by atoms with E-state index < -0.39 is 5.60 Å². The van der Waals surface area contributed by atoms with Gasteiger partial charge in [0.05, 0.1) is 5.69 Å². The molecule has 7 heteroatoms. The predicted molar refractivity (Wildman–Crippen MR) is 86.7 cm³/mol. The summed E-state index contributed by atoms with van der Waals surface area (Å²) in [7, 11) is 0. The molecule has 5 nitrogen and oxygen atoms in total. The van der Waals surface area contributed by atoms with Crippen LogP contribution in [0, 0.1) is 0 Å². The summed E-state index contributed by atoms with van der Waals surface area (Å²) in [6.45, 7) is 5.54. The van der Waals surface area contributed by atoms with E-state index in [0.29, 0.717) is 5.15 Å². The lowest BCUT2D eigenvalue weighted by Gasteiger charge is -2.37. The van der Waals surface area contributed by atoms with Gasteiger partial charge < -0.3 is 15.4 Å². The first-order chi connectivity index (χ1) is 9.73. The van der Waals surface area contributed by atoms with E-state index in [-0.39, 0.29) is 18.2 Å². The molecule has 1 aromatic heterocycles. The number of nitrogens with one attached hydrogen (secondary N) is 2. The van der Waals surface area contributed by atoms with Crippen LogP contribution in [0.3, 0.4) is 0 Å². The van der Waals surface area contributed by atoms with Crippen LogP contribution < -0.4 is 10.6 Å². The van der Waals surface area contributed by atoms with Crippen molar-refractivity contribution in [1.29, 1.82) is 0 Å². The van der Waals surface area contributed by atoms with Gasteiger partial charge in [-0.1, -0.05) is 11.6 Å². The average molecular weight is 377 g/mol. The van der Waals surface area contributed by atoms with Gasteiger partial charge in [0.2, 0.25) is 0 Å². The minimum atomic E-state index is -0.471. The Hall–Kier alpha value is -1.01. The number of carbonyl (C=O) groups is 1. The number of hydrogen-bond acceptors (Lipinski definition) is 4. The Morgan fingerprint density at radius 2 is 2.10 bits per heavy atom. The smallest absolute Gasteiger partial charge is 0.407 e. The largest absolute Gasteiger partial charge is 0.444 e. The number of alkyl carbamates (subject to hydrolysis) is 1. The van der Waals surface area contributed by atoms with Crippen LogP contribution >= 0.6 is 27.5 Å². The maximum atomic E-state index is 11.6. The molecule has 1 aliphatic rings. The quantitative estimate of drug-likeness (QED) is 0.784. The summed E-state index contributed by atoms with van der Waals surface area (Å²) < 4.78 is 6.10. The summed E-state index contributed by atoms with van der Waals surface area (Å²) in [4.78, 5) is 15.7. The SMILES string of the molecule is CC(C)(C)OC(=O)NC1CC(Nc2cc(Br)cnc2Cl)C1. The number of nitrogens with zero attached hydrogens (tertiary/aromatic N) is 1. The van der Waals surface area contributed by atoms with Crippen molar-refractivity contribution in [2.24, 2.45) is 0 Å². The zero-order valence-corrected chi connectivity index (χ0v) is 14.6. The van der Waals surface area contributed by atoms with Crippen LogP contribution in [-0.4, -0.2) is 28.8 Å². The average Bonchev–Trinajstić information content (AvgIpc) is 2.28. The van der Waals surface area contributed by atoms with E-state index in [1.165, 1.54) is 0 Å². The van der Waals surface area contributed by atoms with E-state index in [9.17, 15) is 4.79 Å². The van der Waals surface area contributed by atoms with Gasteiger partial charge in [-0.2, -0.15) is 0 Å². The number of hydrogen-bond donors (Lipinski definition) is 2. The molecule has 21 heavy (non-hydrogen) atoms. The lowest BCUT2D eigenvalue weighted by atomic mass is 9.87. The second kappa shape index (κ2) is 6.40. The third kappa shape index (κ3) is 5.04. The Bertz CT molecular complexity index is 527. The number of amides is 1. The van der Waals surface area contributed by atoms with Gasteiger partial charge in [-0.3, -0.25) is 0 Å². The van der Waals surface area contributed by atoms with Crippen LogP contribution in [-0.2, 0) is 4.74 Å². The Morgan fingerprint density at radius 1 is 1.43 bits per heavy atom. The van der Waals surface area contributed by atoms with E-state index in [2.05, 4.69) is 31.5 Å². The summed E-state index contributed by atoms with van der Waals surface area (Å²) in [5.41, 5.74) is 0.327. The number of pyridine rings is 1. The Morgan fingerprint density at radius 3 is 2.71 bits per heavy atom. The molecule has 0 radical (unpaired) electrons. The van der Waals surface area contributed by atoms with Crippen LogP contribution in [0.2, 0.25) is 5.15 Å². The van der Waals surface area contributed by atoms with Gasteiger partial charge in [0.1, 0.15) is 5.60 Å². The molecule has 1 saturated carbocycles. The normalized spacial score (nSPS) is 21.4. The highest BCUT2D eigenvalue weighted by atomic mass is 79.9. The first kappa shape index (κ1) is 16.4. The van der Waals surface area contributed by atoms with Gasteiger partial charge in [-0.25, -0.2) is 9.78 Å². The van der Waals surface area contributed by atoms with E-state index in [0.717, 1.165) is 23.0 Å². The number of halogens is 2. The summed E-state index contributed by atoms with van der Waals surface area (Å²) in [6, 6.07) is 2.30.